The maximum Gasteiger partial charge on any atom is 0.336 e. The Labute approximate surface area is 195 Å². The maximum absolute atomic E-state index is 12.1. The van der Waals surface area contributed by atoms with Crippen molar-refractivity contribution in [1.29, 1.82) is 0 Å². The summed E-state index contributed by atoms with van der Waals surface area (Å²) in [4.78, 5) is 23.6. The number of amides is 1. The number of nitrogens with zero attached hydrogens (tertiary/aromatic N) is 3. The fourth-order valence-electron chi connectivity index (χ4n) is 4.36. The van der Waals surface area contributed by atoms with Crippen LogP contribution < -0.4 is 5.32 Å². The molecule has 1 saturated carbocycles. The Morgan fingerprint density at radius 2 is 1.85 bits per heavy atom. The number of aromatic nitrogens is 3. The molecule has 0 saturated heterocycles. The molecule has 0 spiro atoms. The summed E-state index contributed by atoms with van der Waals surface area (Å²) < 4.78 is 1.76. The summed E-state index contributed by atoms with van der Waals surface area (Å²) in [5, 5.41) is 30.8. The third-order valence-electron chi connectivity index (χ3n) is 6.44. The number of carboxylic acids is 1. The molecule has 0 atom stereocenters. The Kier molecular flexibility index (Phi) is 8.61. The number of aromatic carboxylic acids is 1. The number of benzene rings is 1. The number of carbonyl (C=O) groups is 2. The van der Waals surface area contributed by atoms with E-state index in [2.05, 4.69) is 15.6 Å². The Bertz CT molecular complexity index is 944. The molecule has 33 heavy (non-hydrogen) atoms. The van der Waals surface area contributed by atoms with Gasteiger partial charge in [-0.3, -0.25) is 9.48 Å². The van der Waals surface area contributed by atoms with Crippen molar-refractivity contribution < 1.29 is 19.8 Å². The van der Waals surface area contributed by atoms with Gasteiger partial charge in [-0.15, -0.1) is 5.10 Å². The van der Waals surface area contributed by atoms with Crippen LogP contribution >= 0.6 is 0 Å². The minimum absolute atomic E-state index is 0.119. The summed E-state index contributed by atoms with van der Waals surface area (Å²) >= 11 is 0. The quantitative estimate of drug-likeness (QED) is 0.438. The van der Waals surface area contributed by atoms with Crippen molar-refractivity contribution in [2.45, 2.75) is 96.2 Å². The van der Waals surface area contributed by atoms with Crippen LogP contribution in [0.2, 0.25) is 0 Å². The third-order valence-corrected chi connectivity index (χ3v) is 6.44. The molecule has 1 aliphatic rings. The van der Waals surface area contributed by atoms with Crippen LogP contribution in [0.1, 0.15) is 87.1 Å². The van der Waals surface area contributed by atoms with Crippen molar-refractivity contribution in [3.63, 3.8) is 0 Å². The van der Waals surface area contributed by atoms with Gasteiger partial charge in [0.25, 0.3) is 0 Å². The molecule has 8 nitrogen and oxygen atoms in total. The second-order valence-electron chi connectivity index (χ2n) is 9.58. The number of carbonyl (C=O) groups excluding carboxylic acids is 1. The molecule has 1 aromatic heterocycles. The molecular formula is C25H36N4O4. The Balaban J connectivity index is 1.31. The normalized spacial score (nSPS) is 20.5. The summed E-state index contributed by atoms with van der Waals surface area (Å²) in [5.74, 6) is -0.850. The molecule has 180 valence electrons. The molecule has 3 rings (SSSR count). The first-order valence-electron chi connectivity index (χ1n) is 12.0. The van der Waals surface area contributed by atoms with E-state index in [1.54, 1.807) is 23.0 Å². The summed E-state index contributed by atoms with van der Waals surface area (Å²) in [5.41, 5.74) is 1.71. The fraction of sp³-hybridized carbons (Fsp3) is 0.600. The second-order valence-corrected chi connectivity index (χ2v) is 9.58. The zero-order valence-corrected chi connectivity index (χ0v) is 19.7. The van der Waals surface area contributed by atoms with Crippen LogP contribution in [-0.4, -0.2) is 48.7 Å². The molecular weight excluding hydrogens is 420 g/mol. The van der Waals surface area contributed by atoms with Gasteiger partial charge < -0.3 is 15.5 Å². The Morgan fingerprint density at radius 3 is 2.58 bits per heavy atom. The van der Waals surface area contributed by atoms with Gasteiger partial charge in [0, 0.05) is 24.6 Å². The minimum atomic E-state index is -0.969. The number of hydrogen-bond donors (Lipinski definition) is 3. The molecule has 0 radical (unpaired) electrons. The molecule has 0 bridgehead atoms. The highest BCUT2D eigenvalue weighted by atomic mass is 16.4. The van der Waals surface area contributed by atoms with Gasteiger partial charge in [-0.2, -0.15) is 0 Å². The number of aliphatic hydroxyl groups is 1. The predicted octanol–water partition coefficient (Wildman–Crippen LogP) is 4.10. The highest BCUT2D eigenvalue weighted by Gasteiger charge is 2.29. The zero-order chi connectivity index (χ0) is 23.8. The average Bonchev–Trinajstić information content (AvgIpc) is 3.23. The molecule has 3 N–H and O–H groups in total. The highest BCUT2D eigenvalue weighted by Crippen LogP contribution is 2.27. The SMILES string of the molecule is Cc1ccc(-c2cn(CCCCCCCC(=O)NC3CCC(C)(O)CC3)nn2)c(C(=O)O)c1. The number of carboxylic acid groups (broad SMARTS) is 1. The van der Waals surface area contributed by atoms with Crippen LogP contribution in [0.15, 0.2) is 24.4 Å². The van der Waals surface area contributed by atoms with Crippen molar-refractivity contribution in [3.05, 3.63) is 35.5 Å². The Morgan fingerprint density at radius 1 is 1.15 bits per heavy atom. The van der Waals surface area contributed by atoms with E-state index in [-0.39, 0.29) is 17.5 Å². The molecule has 1 aliphatic carbocycles. The molecule has 1 heterocycles. The van der Waals surface area contributed by atoms with Gasteiger partial charge in [-0.1, -0.05) is 42.2 Å². The van der Waals surface area contributed by atoms with E-state index < -0.39 is 11.6 Å². The van der Waals surface area contributed by atoms with E-state index in [9.17, 15) is 19.8 Å². The lowest BCUT2D eigenvalue weighted by Gasteiger charge is -2.33. The number of nitrogens with one attached hydrogen (secondary N) is 1. The van der Waals surface area contributed by atoms with E-state index in [0.717, 1.165) is 69.9 Å². The van der Waals surface area contributed by atoms with Crippen molar-refractivity contribution in [2.75, 3.05) is 0 Å². The first-order valence-corrected chi connectivity index (χ1v) is 12.0. The lowest BCUT2D eigenvalue weighted by Crippen LogP contribution is -2.42. The first-order chi connectivity index (χ1) is 15.7. The zero-order valence-electron chi connectivity index (χ0n) is 19.7. The first kappa shape index (κ1) is 24.9. The number of unbranched alkanes of at least 4 members (excludes halogenated alkanes) is 4. The lowest BCUT2D eigenvalue weighted by atomic mass is 9.83. The number of hydrogen-bond acceptors (Lipinski definition) is 5. The van der Waals surface area contributed by atoms with E-state index >= 15 is 0 Å². The maximum atomic E-state index is 12.1. The summed E-state index contributed by atoms with van der Waals surface area (Å²) in [6.45, 7) is 4.46. The predicted molar refractivity (Wildman–Crippen MR) is 126 cm³/mol. The fourth-order valence-corrected chi connectivity index (χ4v) is 4.36. The molecule has 0 aliphatic heterocycles. The van der Waals surface area contributed by atoms with Gasteiger partial charge in [0.05, 0.1) is 17.4 Å². The van der Waals surface area contributed by atoms with Gasteiger partial charge >= 0.3 is 5.97 Å². The molecule has 1 aromatic carbocycles. The van der Waals surface area contributed by atoms with E-state index in [1.807, 2.05) is 19.9 Å². The van der Waals surface area contributed by atoms with Gasteiger partial charge in [-0.25, -0.2) is 4.79 Å². The minimum Gasteiger partial charge on any atom is -0.478 e. The van der Waals surface area contributed by atoms with Crippen LogP contribution in [0.3, 0.4) is 0 Å². The van der Waals surface area contributed by atoms with E-state index in [0.29, 0.717) is 17.7 Å². The summed E-state index contributed by atoms with van der Waals surface area (Å²) in [7, 11) is 0. The smallest absolute Gasteiger partial charge is 0.336 e. The van der Waals surface area contributed by atoms with Gasteiger partial charge in [0.15, 0.2) is 0 Å². The van der Waals surface area contributed by atoms with Crippen molar-refractivity contribution >= 4 is 11.9 Å². The third kappa shape index (κ3) is 7.67. The van der Waals surface area contributed by atoms with Crippen molar-refractivity contribution in [2.24, 2.45) is 0 Å². The molecule has 0 unspecified atom stereocenters. The van der Waals surface area contributed by atoms with Crippen molar-refractivity contribution in [1.82, 2.24) is 20.3 Å². The van der Waals surface area contributed by atoms with Crippen molar-refractivity contribution in [3.8, 4) is 11.3 Å². The van der Waals surface area contributed by atoms with E-state index in [4.69, 9.17) is 0 Å². The number of aryl methyl sites for hydroxylation is 2. The summed E-state index contributed by atoms with van der Waals surface area (Å²) in [6, 6.07) is 5.51. The van der Waals surface area contributed by atoms with Crippen LogP contribution in [0.4, 0.5) is 0 Å². The molecule has 1 fully saturated rings. The standard InChI is InChI=1S/C25H36N4O4/c1-18-9-10-20(21(16-18)24(31)32)22-17-29(28-27-22)15-7-5-3-4-6-8-23(30)26-19-11-13-25(2,33)14-12-19/h9-10,16-17,19,33H,3-8,11-15H2,1-2H3,(H,26,30)(H,31,32). The van der Waals surface area contributed by atoms with E-state index in [1.165, 1.54) is 0 Å². The largest absolute Gasteiger partial charge is 0.478 e. The Hall–Kier alpha value is -2.74. The van der Waals surface area contributed by atoms with Crippen LogP contribution in [0.25, 0.3) is 11.3 Å². The average molecular weight is 457 g/mol. The molecule has 8 heteroatoms. The topological polar surface area (TPSA) is 117 Å². The van der Waals surface area contributed by atoms with Gasteiger partial charge in [0.1, 0.15) is 5.69 Å². The van der Waals surface area contributed by atoms with Gasteiger partial charge in [-0.05, 0) is 58.4 Å². The van der Waals surface area contributed by atoms with Crippen LogP contribution in [-0.2, 0) is 11.3 Å². The van der Waals surface area contributed by atoms with Crippen LogP contribution in [0, 0.1) is 6.92 Å². The summed E-state index contributed by atoms with van der Waals surface area (Å²) in [6.07, 6.45) is 10.5. The highest BCUT2D eigenvalue weighted by molar-refractivity contribution is 5.95. The molecule has 1 amide bonds. The van der Waals surface area contributed by atoms with Crippen LogP contribution in [0.5, 0.6) is 0 Å². The number of rotatable bonds is 11. The second kappa shape index (κ2) is 11.4. The lowest BCUT2D eigenvalue weighted by molar-refractivity contribution is -0.122. The molecule has 2 aromatic rings. The monoisotopic (exact) mass is 456 g/mol. The van der Waals surface area contributed by atoms with Gasteiger partial charge in [0.2, 0.25) is 5.91 Å².